The van der Waals surface area contributed by atoms with Crippen molar-refractivity contribution >= 4 is 33.3 Å². The molecular formula is C17H15BrN2O3. The number of ketones is 1. The summed E-state index contributed by atoms with van der Waals surface area (Å²) in [7, 11) is 0. The number of nitrogens with zero attached hydrogens (tertiary/aromatic N) is 2. The second-order valence-electron chi connectivity index (χ2n) is 5.39. The van der Waals surface area contributed by atoms with Crippen molar-refractivity contribution in [2.24, 2.45) is 0 Å². The number of Topliss-reactive ketones (excluding diaryl/α,β-unsaturated/α-hetero) is 1. The highest BCUT2D eigenvalue weighted by Gasteiger charge is 2.50. The Labute approximate surface area is 142 Å². The predicted molar refractivity (Wildman–Crippen MR) is 89.3 cm³/mol. The Kier molecular flexibility index (Phi) is 4.04. The molecule has 1 atom stereocenters. The van der Waals surface area contributed by atoms with Gasteiger partial charge >= 0.3 is 0 Å². The molecule has 0 spiro atoms. The molecule has 6 heteroatoms. The molecule has 1 N–H and O–H groups in total. The molecule has 1 amide bonds. The Bertz CT molecular complexity index is 779. The van der Waals surface area contributed by atoms with Crippen LogP contribution in [0.4, 0.5) is 5.69 Å². The Morgan fingerprint density at radius 2 is 2.13 bits per heavy atom. The molecule has 1 aliphatic rings. The first-order chi connectivity index (χ1) is 11.0. The van der Waals surface area contributed by atoms with Crippen LogP contribution in [-0.2, 0) is 10.4 Å². The Hall–Kier alpha value is -2.05. The van der Waals surface area contributed by atoms with Crippen molar-refractivity contribution in [3.63, 3.8) is 0 Å². The summed E-state index contributed by atoms with van der Waals surface area (Å²) >= 11 is 3.35. The SMILES string of the molecule is CCN1C(=O)[C@@](O)(CC(=O)c2ccccn2)c2cc(Br)ccc21. The van der Waals surface area contributed by atoms with Gasteiger partial charge in [-0.15, -0.1) is 0 Å². The minimum Gasteiger partial charge on any atom is -0.375 e. The van der Waals surface area contributed by atoms with Crippen LogP contribution in [0.15, 0.2) is 47.1 Å². The molecule has 0 saturated heterocycles. The quantitative estimate of drug-likeness (QED) is 0.835. The van der Waals surface area contributed by atoms with E-state index in [0.717, 1.165) is 4.47 Å². The summed E-state index contributed by atoms with van der Waals surface area (Å²) in [6.07, 6.45) is 1.18. The standard InChI is InChI=1S/C17H15BrN2O3/c1-2-20-14-7-6-11(18)9-12(14)17(23,16(20)22)10-15(21)13-5-3-4-8-19-13/h3-9,23H,2,10H2,1H3/t17-/m1/s1. The molecule has 5 nitrogen and oxygen atoms in total. The van der Waals surface area contributed by atoms with Gasteiger partial charge in [0.15, 0.2) is 11.4 Å². The summed E-state index contributed by atoms with van der Waals surface area (Å²) in [5.74, 6) is -0.845. The van der Waals surface area contributed by atoms with Crippen LogP contribution in [0.2, 0.25) is 0 Å². The largest absolute Gasteiger partial charge is 0.375 e. The molecule has 0 aliphatic carbocycles. The lowest BCUT2D eigenvalue weighted by Gasteiger charge is -2.21. The van der Waals surface area contributed by atoms with Crippen molar-refractivity contribution in [2.45, 2.75) is 18.9 Å². The molecule has 0 radical (unpaired) electrons. The van der Waals surface area contributed by atoms with E-state index >= 15 is 0 Å². The summed E-state index contributed by atoms with van der Waals surface area (Å²) in [5.41, 5.74) is -0.538. The molecule has 3 rings (SSSR count). The van der Waals surface area contributed by atoms with Crippen LogP contribution in [0.25, 0.3) is 0 Å². The van der Waals surface area contributed by atoms with Crippen molar-refractivity contribution in [2.75, 3.05) is 11.4 Å². The molecule has 118 valence electrons. The van der Waals surface area contributed by atoms with Crippen molar-refractivity contribution in [1.82, 2.24) is 4.98 Å². The first-order valence-electron chi connectivity index (χ1n) is 7.26. The fourth-order valence-electron chi connectivity index (χ4n) is 2.86. The van der Waals surface area contributed by atoms with Crippen LogP contribution in [0.1, 0.15) is 29.4 Å². The molecule has 1 aromatic heterocycles. The van der Waals surface area contributed by atoms with Crippen molar-refractivity contribution < 1.29 is 14.7 Å². The van der Waals surface area contributed by atoms with Crippen LogP contribution >= 0.6 is 15.9 Å². The topological polar surface area (TPSA) is 70.5 Å². The number of pyridine rings is 1. The first kappa shape index (κ1) is 15.8. The van der Waals surface area contributed by atoms with Gasteiger partial charge in [0.25, 0.3) is 5.91 Å². The number of carbonyl (C=O) groups is 2. The zero-order valence-electron chi connectivity index (χ0n) is 12.5. The lowest BCUT2D eigenvalue weighted by molar-refractivity contribution is -0.135. The van der Waals surface area contributed by atoms with E-state index in [2.05, 4.69) is 20.9 Å². The minimum absolute atomic E-state index is 0.236. The normalized spacial score (nSPS) is 19.8. The maximum absolute atomic E-state index is 12.7. The predicted octanol–water partition coefficient (Wildman–Crippen LogP) is 2.67. The van der Waals surface area contributed by atoms with Gasteiger partial charge in [0.05, 0.1) is 12.1 Å². The molecule has 1 aliphatic heterocycles. The number of rotatable bonds is 4. The molecule has 1 aromatic carbocycles. The molecule has 0 saturated carbocycles. The highest BCUT2D eigenvalue weighted by molar-refractivity contribution is 9.10. The zero-order valence-corrected chi connectivity index (χ0v) is 14.1. The van der Waals surface area contributed by atoms with Gasteiger partial charge in [-0.05, 0) is 37.3 Å². The maximum atomic E-state index is 12.7. The van der Waals surface area contributed by atoms with Crippen LogP contribution < -0.4 is 4.90 Å². The van der Waals surface area contributed by atoms with E-state index in [1.165, 1.54) is 11.1 Å². The van der Waals surface area contributed by atoms with Gasteiger partial charge in [0, 0.05) is 22.8 Å². The maximum Gasteiger partial charge on any atom is 0.264 e. The van der Waals surface area contributed by atoms with Crippen LogP contribution in [0.5, 0.6) is 0 Å². The summed E-state index contributed by atoms with van der Waals surface area (Å²) < 4.78 is 0.741. The Morgan fingerprint density at radius 1 is 1.35 bits per heavy atom. The number of anilines is 1. The third-order valence-electron chi connectivity index (χ3n) is 3.98. The summed E-state index contributed by atoms with van der Waals surface area (Å²) in [6.45, 7) is 2.25. The number of hydrogen-bond acceptors (Lipinski definition) is 4. The van der Waals surface area contributed by atoms with Gasteiger partial charge < -0.3 is 10.0 Å². The summed E-state index contributed by atoms with van der Waals surface area (Å²) in [6, 6.07) is 10.2. The lowest BCUT2D eigenvalue weighted by Crippen LogP contribution is -2.41. The number of aliphatic hydroxyl groups is 1. The first-order valence-corrected chi connectivity index (χ1v) is 8.05. The van der Waals surface area contributed by atoms with Gasteiger partial charge in [-0.1, -0.05) is 22.0 Å². The molecule has 0 unspecified atom stereocenters. The average molecular weight is 375 g/mol. The molecule has 2 heterocycles. The Morgan fingerprint density at radius 3 is 2.78 bits per heavy atom. The van der Waals surface area contributed by atoms with Crippen LogP contribution in [0, 0.1) is 0 Å². The fraction of sp³-hybridized carbons (Fsp3) is 0.235. The van der Waals surface area contributed by atoms with Gasteiger partial charge in [-0.2, -0.15) is 0 Å². The fourth-order valence-corrected chi connectivity index (χ4v) is 3.22. The highest BCUT2D eigenvalue weighted by atomic mass is 79.9. The third kappa shape index (κ3) is 2.58. The molecule has 23 heavy (non-hydrogen) atoms. The van der Waals surface area contributed by atoms with Crippen LogP contribution in [-0.4, -0.2) is 28.3 Å². The number of likely N-dealkylation sites (N-methyl/N-ethyl adjacent to an activating group) is 1. The van der Waals surface area contributed by atoms with Crippen molar-refractivity contribution in [3.8, 4) is 0 Å². The van der Waals surface area contributed by atoms with Crippen LogP contribution in [0.3, 0.4) is 0 Å². The lowest BCUT2D eigenvalue weighted by atomic mass is 9.89. The second kappa shape index (κ2) is 5.86. The van der Waals surface area contributed by atoms with E-state index in [9.17, 15) is 14.7 Å². The van der Waals surface area contributed by atoms with E-state index in [4.69, 9.17) is 0 Å². The van der Waals surface area contributed by atoms with E-state index in [0.29, 0.717) is 17.8 Å². The van der Waals surface area contributed by atoms with Gasteiger partial charge in [0.2, 0.25) is 0 Å². The number of aromatic nitrogens is 1. The summed E-state index contributed by atoms with van der Waals surface area (Å²) in [4.78, 5) is 30.6. The van der Waals surface area contributed by atoms with Gasteiger partial charge in [-0.25, -0.2) is 0 Å². The monoisotopic (exact) mass is 374 g/mol. The number of hydrogen-bond donors (Lipinski definition) is 1. The number of carbonyl (C=O) groups excluding carboxylic acids is 2. The van der Waals surface area contributed by atoms with Gasteiger partial charge in [0.1, 0.15) is 5.69 Å². The van der Waals surface area contributed by atoms with E-state index in [-0.39, 0.29) is 17.9 Å². The molecule has 0 bridgehead atoms. The highest BCUT2D eigenvalue weighted by Crippen LogP contribution is 2.43. The minimum atomic E-state index is -1.86. The molecular weight excluding hydrogens is 360 g/mol. The number of amides is 1. The number of fused-ring (bicyclic) bond motifs is 1. The molecule has 2 aromatic rings. The molecule has 0 fully saturated rings. The second-order valence-corrected chi connectivity index (χ2v) is 6.30. The average Bonchev–Trinajstić information content (AvgIpc) is 2.76. The van der Waals surface area contributed by atoms with Crippen molar-refractivity contribution in [1.29, 1.82) is 0 Å². The smallest absolute Gasteiger partial charge is 0.264 e. The van der Waals surface area contributed by atoms with Crippen molar-refractivity contribution in [3.05, 3.63) is 58.3 Å². The number of benzene rings is 1. The third-order valence-corrected chi connectivity index (χ3v) is 4.47. The van der Waals surface area contributed by atoms with E-state index < -0.39 is 11.5 Å². The van der Waals surface area contributed by atoms with E-state index in [1.54, 1.807) is 36.4 Å². The Balaban J connectivity index is 2.02. The number of halogens is 1. The zero-order chi connectivity index (χ0) is 16.6. The van der Waals surface area contributed by atoms with Gasteiger partial charge in [-0.3, -0.25) is 14.6 Å². The summed E-state index contributed by atoms with van der Waals surface area (Å²) in [5, 5.41) is 11.0. The van der Waals surface area contributed by atoms with E-state index in [1.807, 2.05) is 6.92 Å².